The molecule has 1 aliphatic heterocycles. The fraction of sp³-hybridized carbons (Fsp3) is 0.938. The predicted octanol–water partition coefficient (Wildman–Crippen LogP) is 3.17. The van der Waals surface area contributed by atoms with Gasteiger partial charge in [-0.1, -0.05) is 19.3 Å². The molecule has 116 valence electrons. The largest absolute Gasteiger partial charge is 0.444 e. The molecule has 0 aromatic rings. The Morgan fingerprint density at radius 2 is 2.00 bits per heavy atom. The van der Waals surface area contributed by atoms with Gasteiger partial charge in [0.2, 0.25) is 0 Å². The van der Waals surface area contributed by atoms with Crippen LogP contribution in [0.4, 0.5) is 4.79 Å². The molecule has 4 heteroatoms. The van der Waals surface area contributed by atoms with Crippen LogP contribution in [0, 0.1) is 5.92 Å². The molecule has 1 heterocycles. The highest BCUT2D eigenvalue weighted by Crippen LogP contribution is 2.28. The molecule has 0 spiro atoms. The Morgan fingerprint density at radius 1 is 1.25 bits per heavy atom. The summed E-state index contributed by atoms with van der Waals surface area (Å²) in [6.45, 7) is 8.60. The molecule has 2 aliphatic rings. The molecule has 0 bridgehead atoms. The lowest BCUT2D eigenvalue weighted by atomic mass is 9.83. The average Bonchev–Trinajstić information content (AvgIpc) is 2.72. The van der Waals surface area contributed by atoms with Crippen molar-refractivity contribution >= 4 is 6.09 Å². The van der Waals surface area contributed by atoms with Gasteiger partial charge in [0.1, 0.15) is 5.60 Å². The summed E-state index contributed by atoms with van der Waals surface area (Å²) in [6.07, 6.45) is 7.56. The molecule has 2 rings (SSSR count). The van der Waals surface area contributed by atoms with Gasteiger partial charge in [0.25, 0.3) is 0 Å². The maximum Gasteiger partial charge on any atom is 0.410 e. The van der Waals surface area contributed by atoms with E-state index < -0.39 is 5.60 Å². The van der Waals surface area contributed by atoms with Crippen molar-refractivity contribution in [2.45, 2.75) is 70.9 Å². The summed E-state index contributed by atoms with van der Waals surface area (Å²) in [7, 11) is 0. The average molecular weight is 282 g/mol. The Hall–Kier alpha value is -0.770. The standard InChI is InChI=1S/C16H30N2O2/c1-16(2,3)20-15(19)18-11-5-8-14(18)12-17-10-9-13-6-4-7-13/h13-14,17H,4-12H2,1-3H3. The molecule has 0 aromatic carbocycles. The predicted molar refractivity (Wildman–Crippen MR) is 80.8 cm³/mol. The minimum atomic E-state index is -0.401. The lowest BCUT2D eigenvalue weighted by Gasteiger charge is -2.29. The van der Waals surface area contributed by atoms with Crippen LogP contribution in [0.1, 0.15) is 59.3 Å². The van der Waals surface area contributed by atoms with E-state index in [2.05, 4.69) is 5.32 Å². The molecule has 1 unspecified atom stereocenters. The van der Waals surface area contributed by atoms with Crippen molar-refractivity contribution < 1.29 is 9.53 Å². The summed E-state index contributed by atoms with van der Waals surface area (Å²) in [5.74, 6) is 0.952. The lowest BCUT2D eigenvalue weighted by Crippen LogP contribution is -2.44. The smallest absolute Gasteiger partial charge is 0.410 e. The summed E-state index contributed by atoms with van der Waals surface area (Å²) in [5, 5.41) is 3.52. The second-order valence-corrected chi connectivity index (χ2v) is 7.26. The Kier molecular flexibility index (Phi) is 5.30. The normalized spacial score (nSPS) is 23.8. The molecule has 4 nitrogen and oxygen atoms in total. The molecule has 1 amide bonds. The molecule has 1 N–H and O–H groups in total. The SMILES string of the molecule is CC(C)(C)OC(=O)N1CCCC1CNCCC1CCC1. The molecule has 1 atom stereocenters. The van der Waals surface area contributed by atoms with Crippen LogP contribution in [0.15, 0.2) is 0 Å². The molecule has 1 aliphatic carbocycles. The third-order valence-corrected chi connectivity index (χ3v) is 4.34. The third kappa shape index (κ3) is 4.65. The third-order valence-electron chi connectivity index (χ3n) is 4.34. The number of nitrogens with zero attached hydrogens (tertiary/aromatic N) is 1. The van der Waals surface area contributed by atoms with E-state index in [1.165, 1.54) is 25.7 Å². The molecular formula is C16H30N2O2. The monoisotopic (exact) mass is 282 g/mol. The molecule has 1 saturated heterocycles. The second kappa shape index (κ2) is 6.79. The number of carbonyl (C=O) groups is 1. The molecule has 2 fully saturated rings. The van der Waals surface area contributed by atoms with Crippen LogP contribution in [0.2, 0.25) is 0 Å². The van der Waals surface area contributed by atoms with Crippen LogP contribution in [-0.4, -0.2) is 42.3 Å². The number of hydrogen-bond acceptors (Lipinski definition) is 3. The van der Waals surface area contributed by atoms with Gasteiger partial charge in [-0.25, -0.2) is 4.79 Å². The summed E-state index contributed by atoms with van der Waals surface area (Å²) < 4.78 is 5.48. The van der Waals surface area contributed by atoms with Crippen LogP contribution < -0.4 is 5.32 Å². The van der Waals surface area contributed by atoms with E-state index in [0.717, 1.165) is 38.4 Å². The highest BCUT2D eigenvalue weighted by Gasteiger charge is 2.31. The van der Waals surface area contributed by atoms with Gasteiger partial charge < -0.3 is 15.0 Å². The molecular weight excluding hydrogens is 252 g/mol. The number of likely N-dealkylation sites (tertiary alicyclic amines) is 1. The highest BCUT2D eigenvalue weighted by molar-refractivity contribution is 5.69. The van der Waals surface area contributed by atoms with E-state index in [9.17, 15) is 4.79 Å². The van der Waals surface area contributed by atoms with Crippen molar-refractivity contribution in [2.24, 2.45) is 5.92 Å². The zero-order chi connectivity index (χ0) is 14.6. The first-order chi connectivity index (χ1) is 9.46. The van der Waals surface area contributed by atoms with Gasteiger partial charge in [-0.2, -0.15) is 0 Å². The lowest BCUT2D eigenvalue weighted by molar-refractivity contribution is 0.0226. The van der Waals surface area contributed by atoms with Gasteiger partial charge in [-0.05, 0) is 52.5 Å². The van der Waals surface area contributed by atoms with E-state index in [1.54, 1.807) is 0 Å². The topological polar surface area (TPSA) is 41.6 Å². The van der Waals surface area contributed by atoms with Crippen LogP contribution in [0.25, 0.3) is 0 Å². The number of ether oxygens (including phenoxy) is 1. The first-order valence-corrected chi connectivity index (χ1v) is 8.16. The van der Waals surface area contributed by atoms with Crippen molar-refractivity contribution in [3.05, 3.63) is 0 Å². The first-order valence-electron chi connectivity index (χ1n) is 8.16. The van der Waals surface area contributed by atoms with Gasteiger partial charge in [0.05, 0.1) is 0 Å². The Balaban J connectivity index is 1.68. The van der Waals surface area contributed by atoms with E-state index in [4.69, 9.17) is 4.74 Å². The van der Waals surface area contributed by atoms with E-state index in [-0.39, 0.29) is 6.09 Å². The number of amides is 1. The van der Waals surface area contributed by atoms with E-state index in [1.807, 2.05) is 25.7 Å². The van der Waals surface area contributed by atoms with E-state index >= 15 is 0 Å². The molecule has 1 saturated carbocycles. The maximum atomic E-state index is 12.1. The zero-order valence-electron chi connectivity index (χ0n) is 13.3. The Labute approximate surface area is 123 Å². The Bertz CT molecular complexity index is 321. The summed E-state index contributed by atoms with van der Waals surface area (Å²) in [4.78, 5) is 14.0. The number of carbonyl (C=O) groups excluding carboxylic acids is 1. The summed E-state index contributed by atoms with van der Waals surface area (Å²) in [5.41, 5.74) is -0.401. The van der Waals surface area contributed by atoms with Crippen molar-refractivity contribution in [3.63, 3.8) is 0 Å². The van der Waals surface area contributed by atoms with Crippen LogP contribution in [-0.2, 0) is 4.74 Å². The summed E-state index contributed by atoms with van der Waals surface area (Å²) in [6, 6.07) is 0.311. The number of nitrogens with one attached hydrogen (secondary N) is 1. The quantitative estimate of drug-likeness (QED) is 0.788. The molecule has 0 radical (unpaired) electrons. The number of hydrogen-bond donors (Lipinski definition) is 1. The molecule has 0 aromatic heterocycles. The van der Waals surface area contributed by atoms with Gasteiger partial charge >= 0.3 is 6.09 Å². The minimum Gasteiger partial charge on any atom is -0.444 e. The Morgan fingerprint density at radius 3 is 2.60 bits per heavy atom. The molecule has 20 heavy (non-hydrogen) atoms. The van der Waals surface area contributed by atoms with Crippen molar-refractivity contribution in [2.75, 3.05) is 19.6 Å². The van der Waals surface area contributed by atoms with Crippen LogP contribution in [0.3, 0.4) is 0 Å². The fourth-order valence-electron chi connectivity index (χ4n) is 2.97. The van der Waals surface area contributed by atoms with Gasteiger partial charge in [0.15, 0.2) is 0 Å². The fourth-order valence-corrected chi connectivity index (χ4v) is 2.97. The van der Waals surface area contributed by atoms with Crippen molar-refractivity contribution in [1.82, 2.24) is 10.2 Å². The number of rotatable bonds is 5. The van der Waals surface area contributed by atoms with Crippen molar-refractivity contribution in [3.8, 4) is 0 Å². The minimum absolute atomic E-state index is 0.152. The maximum absolute atomic E-state index is 12.1. The highest BCUT2D eigenvalue weighted by atomic mass is 16.6. The zero-order valence-corrected chi connectivity index (χ0v) is 13.3. The van der Waals surface area contributed by atoms with Crippen LogP contribution >= 0.6 is 0 Å². The van der Waals surface area contributed by atoms with Crippen molar-refractivity contribution in [1.29, 1.82) is 0 Å². The first kappa shape index (κ1) is 15.6. The van der Waals surface area contributed by atoms with Gasteiger partial charge in [-0.15, -0.1) is 0 Å². The van der Waals surface area contributed by atoms with Gasteiger partial charge in [-0.3, -0.25) is 0 Å². The van der Waals surface area contributed by atoms with E-state index in [0.29, 0.717) is 6.04 Å². The van der Waals surface area contributed by atoms with Crippen LogP contribution in [0.5, 0.6) is 0 Å². The van der Waals surface area contributed by atoms with Gasteiger partial charge in [0, 0.05) is 19.1 Å². The second-order valence-electron chi connectivity index (χ2n) is 7.26. The summed E-state index contributed by atoms with van der Waals surface area (Å²) >= 11 is 0.